The van der Waals surface area contributed by atoms with Gasteiger partial charge in [0, 0.05) is 57.9 Å². The van der Waals surface area contributed by atoms with Gasteiger partial charge in [-0.2, -0.15) is 0 Å². The minimum Gasteiger partial charge on any atom is -0.359 e. The fraction of sp³-hybridized carbons (Fsp3) is 0.765. The number of nitrogens with one attached hydrogen (secondary N) is 2. The van der Waals surface area contributed by atoms with Gasteiger partial charge >= 0.3 is 0 Å². The van der Waals surface area contributed by atoms with E-state index in [-0.39, 0.29) is 24.0 Å². The van der Waals surface area contributed by atoms with Crippen LogP contribution in [0, 0.1) is 0 Å². The predicted molar refractivity (Wildman–Crippen MR) is 111 cm³/mol. The zero-order valence-corrected chi connectivity index (χ0v) is 17.8. The second kappa shape index (κ2) is 9.72. The molecule has 0 spiro atoms. The van der Waals surface area contributed by atoms with Gasteiger partial charge in [-0.3, -0.25) is 9.80 Å². The number of nitrogens with zero attached hydrogens (tertiary/aromatic N) is 4. The molecule has 1 unspecified atom stereocenters. The predicted octanol–water partition coefficient (Wildman–Crippen LogP) is 1.47. The summed E-state index contributed by atoms with van der Waals surface area (Å²) < 4.78 is 5.36. The van der Waals surface area contributed by atoms with Crippen LogP contribution >= 0.6 is 24.0 Å². The van der Waals surface area contributed by atoms with Crippen LogP contribution in [0.4, 0.5) is 0 Å². The number of rotatable bonds is 6. The summed E-state index contributed by atoms with van der Waals surface area (Å²) in [5, 5.41) is 10.9. The Hall–Kier alpha value is -0.870. The number of fused-ring (bicyclic) bond motifs is 3. The number of aliphatic imine (C=N–C) groups is 1. The second-order valence-electron chi connectivity index (χ2n) is 6.94. The van der Waals surface area contributed by atoms with Gasteiger partial charge in [0.1, 0.15) is 6.54 Å². The van der Waals surface area contributed by atoms with E-state index in [1.54, 1.807) is 0 Å². The maximum absolute atomic E-state index is 5.36. The molecule has 142 valence electrons. The molecule has 2 bridgehead atoms. The van der Waals surface area contributed by atoms with Crippen LogP contribution in [0.3, 0.4) is 0 Å². The summed E-state index contributed by atoms with van der Waals surface area (Å²) in [5.74, 6) is 2.03. The number of halogens is 1. The Kier molecular flexibility index (Phi) is 7.95. The summed E-state index contributed by atoms with van der Waals surface area (Å²) in [5.41, 5.74) is 0.984. The fourth-order valence-electron chi connectivity index (χ4n) is 3.31. The first kappa shape index (κ1) is 20.4. The van der Waals surface area contributed by atoms with Gasteiger partial charge in [0.2, 0.25) is 0 Å². The average Bonchev–Trinajstić information content (AvgIpc) is 3.08. The summed E-state index contributed by atoms with van der Waals surface area (Å²) in [4.78, 5) is 9.77. The molecule has 0 aliphatic carbocycles. The Bertz CT molecular complexity index is 553. The van der Waals surface area contributed by atoms with Crippen molar-refractivity contribution in [3.63, 3.8) is 0 Å². The lowest BCUT2D eigenvalue weighted by Crippen LogP contribution is -2.63. The number of piperazine rings is 3. The molecule has 1 atom stereocenters. The quantitative estimate of drug-likeness (QED) is 0.379. The van der Waals surface area contributed by atoms with Gasteiger partial charge in [0.15, 0.2) is 11.7 Å². The topological polar surface area (TPSA) is 68.9 Å². The van der Waals surface area contributed by atoms with Gasteiger partial charge in [-0.05, 0) is 12.8 Å². The first-order valence-corrected chi connectivity index (χ1v) is 9.09. The van der Waals surface area contributed by atoms with Crippen molar-refractivity contribution >= 4 is 29.9 Å². The smallest absolute Gasteiger partial charge is 0.191 e. The van der Waals surface area contributed by atoms with Crippen LogP contribution in [0.15, 0.2) is 15.6 Å². The third kappa shape index (κ3) is 5.55. The summed E-state index contributed by atoms with van der Waals surface area (Å²) in [6.07, 6.45) is 0. The van der Waals surface area contributed by atoms with Gasteiger partial charge in [0.05, 0.1) is 5.69 Å². The molecule has 2 N–H and O–H groups in total. The normalized spacial score (nSPS) is 25.8. The van der Waals surface area contributed by atoms with Gasteiger partial charge in [-0.1, -0.05) is 19.0 Å². The summed E-state index contributed by atoms with van der Waals surface area (Å²) in [6, 6.07) is 2.57. The minimum absolute atomic E-state index is 0. The van der Waals surface area contributed by atoms with Gasteiger partial charge in [-0.15, -0.1) is 24.0 Å². The summed E-state index contributed by atoms with van der Waals surface area (Å²) in [6.45, 7) is 14.6. The lowest BCUT2D eigenvalue weighted by molar-refractivity contribution is 0.0154. The van der Waals surface area contributed by atoms with Crippen molar-refractivity contribution in [3.8, 4) is 0 Å². The largest absolute Gasteiger partial charge is 0.359 e. The maximum atomic E-state index is 5.36. The van der Waals surface area contributed by atoms with E-state index in [1.165, 1.54) is 26.2 Å². The van der Waals surface area contributed by atoms with Crippen LogP contribution in [0.1, 0.15) is 38.1 Å². The molecule has 25 heavy (non-hydrogen) atoms. The Balaban J connectivity index is 0.00000225. The minimum atomic E-state index is 0. The van der Waals surface area contributed by atoms with Crippen molar-refractivity contribution in [1.29, 1.82) is 0 Å². The van der Waals surface area contributed by atoms with Crippen LogP contribution < -0.4 is 10.6 Å². The van der Waals surface area contributed by atoms with Crippen LogP contribution in [-0.2, 0) is 6.54 Å². The molecular weight excluding hydrogens is 431 g/mol. The van der Waals surface area contributed by atoms with Crippen molar-refractivity contribution in [2.75, 3.05) is 45.8 Å². The van der Waals surface area contributed by atoms with E-state index in [1.807, 2.05) is 6.07 Å². The van der Waals surface area contributed by atoms with E-state index in [0.717, 1.165) is 37.0 Å². The third-order valence-corrected chi connectivity index (χ3v) is 4.80. The monoisotopic (exact) mass is 462 g/mol. The molecule has 0 aromatic carbocycles. The molecule has 0 radical (unpaired) electrons. The molecule has 8 heteroatoms. The van der Waals surface area contributed by atoms with Crippen molar-refractivity contribution in [1.82, 2.24) is 25.6 Å². The molecule has 3 aliphatic heterocycles. The van der Waals surface area contributed by atoms with Crippen LogP contribution in [0.5, 0.6) is 0 Å². The molecule has 3 saturated heterocycles. The van der Waals surface area contributed by atoms with E-state index in [9.17, 15) is 0 Å². The molecule has 0 amide bonds. The first-order valence-electron chi connectivity index (χ1n) is 9.09. The highest BCUT2D eigenvalue weighted by Gasteiger charge is 2.31. The Morgan fingerprint density at radius 2 is 2.08 bits per heavy atom. The molecule has 0 saturated carbocycles. The maximum Gasteiger partial charge on any atom is 0.191 e. The Morgan fingerprint density at radius 3 is 2.64 bits per heavy atom. The highest BCUT2D eigenvalue weighted by Crippen LogP contribution is 2.15. The van der Waals surface area contributed by atoms with Crippen molar-refractivity contribution < 1.29 is 4.52 Å². The number of aromatic nitrogens is 1. The van der Waals surface area contributed by atoms with Crippen molar-refractivity contribution in [3.05, 3.63) is 17.5 Å². The van der Waals surface area contributed by atoms with Crippen LogP contribution in [0.2, 0.25) is 0 Å². The number of hydrogen-bond donors (Lipinski definition) is 2. The summed E-state index contributed by atoms with van der Waals surface area (Å²) in [7, 11) is 0. The standard InChI is InChI=1S/C17H30N6O.HI/c1-4-18-17(20-11-15-9-16(13(2)3)21-24-15)19-10-14-12-22-5-7-23(14)8-6-22;/h9,13-14H,4-8,10-12H2,1-3H3,(H2,18,19,20);1H. The van der Waals surface area contributed by atoms with Gasteiger partial charge < -0.3 is 15.2 Å². The SMILES string of the molecule is CCNC(=NCc1cc(C(C)C)no1)NCC1CN2CCN1CC2.I. The molecule has 7 nitrogen and oxygen atoms in total. The fourth-order valence-corrected chi connectivity index (χ4v) is 3.31. The van der Waals surface area contributed by atoms with Crippen molar-refractivity contribution in [2.24, 2.45) is 4.99 Å². The van der Waals surface area contributed by atoms with E-state index < -0.39 is 0 Å². The molecular formula is C17H31IN6O. The molecule has 1 aromatic rings. The lowest BCUT2D eigenvalue weighted by atomic mass is 10.1. The Morgan fingerprint density at radius 1 is 1.32 bits per heavy atom. The molecule has 3 fully saturated rings. The van der Waals surface area contributed by atoms with Gasteiger partial charge in [-0.25, -0.2) is 4.99 Å². The van der Waals surface area contributed by atoms with E-state index in [4.69, 9.17) is 4.52 Å². The first-order chi connectivity index (χ1) is 11.7. The Labute approximate surface area is 167 Å². The second-order valence-corrected chi connectivity index (χ2v) is 6.94. The number of hydrogen-bond acceptors (Lipinski definition) is 5. The lowest BCUT2D eigenvalue weighted by Gasteiger charge is -2.47. The molecule has 3 aliphatic rings. The zero-order chi connectivity index (χ0) is 16.9. The average molecular weight is 462 g/mol. The van der Waals surface area contributed by atoms with Crippen LogP contribution in [-0.4, -0.2) is 72.8 Å². The molecule has 4 heterocycles. The number of guanidine groups is 1. The third-order valence-electron chi connectivity index (χ3n) is 4.80. The molecule has 4 rings (SSSR count). The van der Waals surface area contributed by atoms with E-state index in [0.29, 0.717) is 18.5 Å². The summed E-state index contributed by atoms with van der Waals surface area (Å²) >= 11 is 0. The zero-order valence-electron chi connectivity index (χ0n) is 15.5. The van der Waals surface area contributed by atoms with E-state index >= 15 is 0 Å². The van der Waals surface area contributed by atoms with Gasteiger partial charge in [0.25, 0.3) is 0 Å². The highest BCUT2D eigenvalue weighted by atomic mass is 127. The van der Waals surface area contributed by atoms with E-state index in [2.05, 4.69) is 51.4 Å². The van der Waals surface area contributed by atoms with Crippen molar-refractivity contribution in [2.45, 2.75) is 39.3 Å². The highest BCUT2D eigenvalue weighted by molar-refractivity contribution is 14.0. The van der Waals surface area contributed by atoms with Crippen LogP contribution in [0.25, 0.3) is 0 Å². The molecule has 1 aromatic heterocycles.